The van der Waals surface area contributed by atoms with Crippen molar-refractivity contribution in [1.29, 1.82) is 0 Å². The van der Waals surface area contributed by atoms with Crippen LogP contribution in [0.2, 0.25) is 5.02 Å². The predicted molar refractivity (Wildman–Crippen MR) is 139 cm³/mol. The maximum atomic E-state index is 13.2. The molecule has 0 aliphatic heterocycles. The largest absolute Gasteiger partial charge is 0.448 e. The summed E-state index contributed by atoms with van der Waals surface area (Å²) in [6.07, 6.45) is -1.17. The number of ketones is 1. The molecule has 4 aromatic carbocycles. The summed E-state index contributed by atoms with van der Waals surface area (Å²) in [5.41, 5.74) is 2.49. The fourth-order valence-electron chi connectivity index (χ4n) is 3.88. The number of rotatable bonds is 9. The molecule has 36 heavy (non-hydrogen) atoms. The van der Waals surface area contributed by atoms with Gasteiger partial charge in [-0.15, -0.1) is 0 Å². The Balaban J connectivity index is 1.50. The van der Waals surface area contributed by atoms with E-state index in [4.69, 9.17) is 16.3 Å². The van der Waals surface area contributed by atoms with Gasteiger partial charge in [-0.3, -0.25) is 14.4 Å². The lowest BCUT2D eigenvalue weighted by Gasteiger charge is -2.20. The minimum Gasteiger partial charge on any atom is -0.448 e. The lowest BCUT2D eigenvalue weighted by molar-refractivity contribution is -0.147. The molecule has 0 aliphatic rings. The maximum absolute atomic E-state index is 13.2. The Kier molecular flexibility index (Phi) is 8.27. The molecule has 0 saturated heterocycles. The smallest absolute Gasteiger partial charge is 0.326 e. The number of carbonyl (C=O) groups is 3. The molecule has 0 saturated carbocycles. The highest BCUT2D eigenvalue weighted by atomic mass is 35.5. The summed E-state index contributed by atoms with van der Waals surface area (Å²) in [5.74, 6) is -2.04. The Morgan fingerprint density at radius 2 is 1.17 bits per heavy atom. The third kappa shape index (κ3) is 6.26. The summed E-state index contributed by atoms with van der Waals surface area (Å²) in [5, 5.41) is 3.17. The molecule has 0 spiro atoms. The van der Waals surface area contributed by atoms with Crippen LogP contribution in [0.25, 0.3) is 0 Å². The van der Waals surface area contributed by atoms with Crippen molar-refractivity contribution >= 4 is 29.3 Å². The van der Waals surface area contributed by atoms with Crippen molar-refractivity contribution in [3.8, 4) is 0 Å². The van der Waals surface area contributed by atoms with E-state index in [1.165, 1.54) is 0 Å². The highest BCUT2D eigenvalue weighted by Crippen LogP contribution is 2.26. The van der Waals surface area contributed by atoms with Gasteiger partial charge in [0.15, 0.2) is 6.10 Å². The van der Waals surface area contributed by atoms with E-state index in [0.717, 1.165) is 11.1 Å². The zero-order valence-corrected chi connectivity index (χ0v) is 20.1. The second kappa shape index (κ2) is 12.0. The number of amides is 1. The van der Waals surface area contributed by atoms with Gasteiger partial charge in [-0.2, -0.15) is 0 Å². The van der Waals surface area contributed by atoms with Crippen LogP contribution in [-0.2, 0) is 14.3 Å². The first-order chi connectivity index (χ1) is 17.5. The monoisotopic (exact) mass is 497 g/mol. The van der Waals surface area contributed by atoms with Crippen LogP contribution in [0.15, 0.2) is 115 Å². The summed E-state index contributed by atoms with van der Waals surface area (Å²) >= 11 is 5.99. The highest BCUT2D eigenvalue weighted by Gasteiger charge is 2.28. The van der Waals surface area contributed by atoms with Gasteiger partial charge in [0.05, 0.1) is 5.92 Å². The SMILES string of the molecule is O=C(CNC(=O)C(c1ccccc1)c1ccccc1)O[C@@H](C(=O)c1ccccc1)c1ccc(Cl)cc1. The Morgan fingerprint density at radius 3 is 1.69 bits per heavy atom. The van der Waals surface area contributed by atoms with E-state index in [0.29, 0.717) is 16.1 Å². The van der Waals surface area contributed by atoms with E-state index in [2.05, 4.69) is 5.32 Å². The van der Waals surface area contributed by atoms with E-state index in [1.54, 1.807) is 54.6 Å². The van der Waals surface area contributed by atoms with Crippen LogP contribution >= 0.6 is 11.6 Å². The molecular formula is C30H24ClNO4. The zero-order chi connectivity index (χ0) is 25.3. The van der Waals surface area contributed by atoms with Gasteiger partial charge in [0, 0.05) is 16.1 Å². The minimum atomic E-state index is -1.17. The molecule has 0 heterocycles. The third-order valence-electron chi connectivity index (χ3n) is 5.65. The van der Waals surface area contributed by atoms with Gasteiger partial charge in [0.25, 0.3) is 0 Å². The fraction of sp³-hybridized carbons (Fsp3) is 0.100. The topological polar surface area (TPSA) is 72.5 Å². The van der Waals surface area contributed by atoms with Gasteiger partial charge in [-0.05, 0) is 23.3 Å². The second-order valence-electron chi connectivity index (χ2n) is 8.12. The van der Waals surface area contributed by atoms with E-state index in [-0.39, 0.29) is 18.2 Å². The van der Waals surface area contributed by atoms with E-state index < -0.39 is 18.0 Å². The number of esters is 1. The van der Waals surface area contributed by atoms with Gasteiger partial charge in [0.2, 0.25) is 11.7 Å². The standard InChI is InChI=1S/C30H24ClNO4/c31-25-18-16-24(17-19-25)29(28(34)23-14-8-3-9-15-23)36-26(33)20-32-30(35)27(21-10-4-1-5-11-21)22-12-6-2-7-13-22/h1-19,27,29H,20H2,(H,32,35)/t29-/m1/s1. The number of halogens is 1. The lowest BCUT2D eigenvalue weighted by Crippen LogP contribution is -2.36. The summed E-state index contributed by atoms with van der Waals surface area (Å²) in [6, 6.07) is 33.8. The van der Waals surface area contributed by atoms with Crippen LogP contribution in [-0.4, -0.2) is 24.2 Å². The normalized spacial score (nSPS) is 11.5. The number of benzene rings is 4. The van der Waals surface area contributed by atoms with Gasteiger partial charge in [-0.25, -0.2) is 0 Å². The number of ether oxygens (including phenoxy) is 1. The Bertz CT molecular complexity index is 1270. The molecule has 4 aromatic rings. The quantitative estimate of drug-likeness (QED) is 0.236. The van der Waals surface area contributed by atoms with Crippen molar-refractivity contribution in [1.82, 2.24) is 5.32 Å². The van der Waals surface area contributed by atoms with Crippen LogP contribution in [0, 0.1) is 0 Å². The number of hydrogen-bond acceptors (Lipinski definition) is 4. The molecule has 0 fully saturated rings. The molecule has 1 amide bonds. The van der Waals surface area contributed by atoms with Gasteiger partial charge >= 0.3 is 5.97 Å². The van der Waals surface area contributed by atoms with E-state index in [9.17, 15) is 14.4 Å². The van der Waals surface area contributed by atoms with Gasteiger partial charge in [0.1, 0.15) is 6.54 Å². The fourth-order valence-corrected chi connectivity index (χ4v) is 4.01. The van der Waals surface area contributed by atoms with Crippen LogP contribution in [0.3, 0.4) is 0 Å². The van der Waals surface area contributed by atoms with Crippen molar-refractivity contribution in [2.75, 3.05) is 6.54 Å². The molecule has 5 nitrogen and oxygen atoms in total. The zero-order valence-electron chi connectivity index (χ0n) is 19.3. The van der Waals surface area contributed by atoms with Crippen molar-refractivity contribution < 1.29 is 19.1 Å². The van der Waals surface area contributed by atoms with Crippen molar-refractivity contribution in [2.24, 2.45) is 0 Å². The predicted octanol–water partition coefficient (Wildman–Crippen LogP) is 5.76. The van der Waals surface area contributed by atoms with Crippen molar-refractivity contribution in [3.63, 3.8) is 0 Å². The van der Waals surface area contributed by atoms with Crippen LogP contribution in [0.5, 0.6) is 0 Å². The Morgan fingerprint density at radius 1 is 0.667 bits per heavy atom. The van der Waals surface area contributed by atoms with Crippen LogP contribution in [0.1, 0.15) is 39.1 Å². The van der Waals surface area contributed by atoms with E-state index in [1.807, 2.05) is 60.7 Å². The molecule has 0 bridgehead atoms. The number of nitrogens with one attached hydrogen (secondary N) is 1. The molecule has 0 aromatic heterocycles. The number of carbonyl (C=O) groups excluding carboxylic acids is 3. The summed E-state index contributed by atoms with van der Waals surface area (Å²) in [7, 11) is 0. The van der Waals surface area contributed by atoms with E-state index >= 15 is 0 Å². The Labute approximate surface area is 214 Å². The van der Waals surface area contributed by atoms with Crippen molar-refractivity contribution in [3.05, 3.63) is 143 Å². The molecule has 1 atom stereocenters. The van der Waals surface area contributed by atoms with Crippen LogP contribution < -0.4 is 5.32 Å². The molecule has 0 radical (unpaired) electrons. The molecule has 4 rings (SSSR count). The first-order valence-electron chi connectivity index (χ1n) is 11.4. The number of hydrogen-bond donors (Lipinski definition) is 1. The molecule has 1 N–H and O–H groups in total. The molecule has 0 aliphatic carbocycles. The molecule has 180 valence electrons. The van der Waals surface area contributed by atoms with Crippen LogP contribution in [0.4, 0.5) is 0 Å². The highest BCUT2D eigenvalue weighted by molar-refractivity contribution is 6.30. The summed E-state index contributed by atoms with van der Waals surface area (Å²) in [6.45, 7) is -0.388. The van der Waals surface area contributed by atoms with Gasteiger partial charge < -0.3 is 10.1 Å². The lowest BCUT2D eigenvalue weighted by atomic mass is 9.90. The van der Waals surface area contributed by atoms with Crippen molar-refractivity contribution in [2.45, 2.75) is 12.0 Å². The first-order valence-corrected chi connectivity index (χ1v) is 11.8. The average Bonchev–Trinajstić information content (AvgIpc) is 2.92. The number of Topliss-reactive ketones (excluding diaryl/α,β-unsaturated/α-hetero) is 1. The molecule has 6 heteroatoms. The summed E-state index contributed by atoms with van der Waals surface area (Å²) in [4.78, 5) is 39.2. The average molecular weight is 498 g/mol. The second-order valence-corrected chi connectivity index (χ2v) is 8.56. The summed E-state index contributed by atoms with van der Waals surface area (Å²) < 4.78 is 5.59. The Hall–Kier alpha value is -4.22. The third-order valence-corrected chi connectivity index (χ3v) is 5.91. The molecular weight excluding hydrogens is 474 g/mol. The minimum absolute atomic E-state index is 0.346. The van der Waals surface area contributed by atoms with Gasteiger partial charge in [-0.1, -0.05) is 115 Å². The maximum Gasteiger partial charge on any atom is 0.326 e. The first kappa shape index (κ1) is 24.9. The molecule has 0 unspecified atom stereocenters.